The highest BCUT2D eigenvalue weighted by Gasteiger charge is 2.38. The predicted octanol–water partition coefficient (Wildman–Crippen LogP) is 0.313. The number of sulfone groups is 1. The fourth-order valence-corrected chi connectivity index (χ4v) is 4.58. The molecule has 94 valence electrons. The van der Waals surface area contributed by atoms with Gasteiger partial charge in [-0.3, -0.25) is 0 Å². The lowest BCUT2D eigenvalue weighted by Gasteiger charge is -2.32. The van der Waals surface area contributed by atoms with Gasteiger partial charge in [0.2, 0.25) is 0 Å². The number of aliphatic hydroxyl groups is 1. The first-order valence-corrected chi connectivity index (χ1v) is 7.94. The Balaban J connectivity index is 1.94. The van der Waals surface area contributed by atoms with E-state index in [0.717, 1.165) is 6.42 Å². The van der Waals surface area contributed by atoms with Gasteiger partial charge in [-0.25, -0.2) is 8.42 Å². The van der Waals surface area contributed by atoms with E-state index >= 15 is 0 Å². The van der Waals surface area contributed by atoms with Crippen molar-refractivity contribution in [3.63, 3.8) is 0 Å². The maximum atomic E-state index is 11.4. The third-order valence-electron chi connectivity index (χ3n) is 3.86. The summed E-state index contributed by atoms with van der Waals surface area (Å²) in [6.45, 7) is 2.20. The van der Waals surface area contributed by atoms with Crippen molar-refractivity contribution in [3.8, 4) is 0 Å². The van der Waals surface area contributed by atoms with Crippen molar-refractivity contribution in [3.05, 3.63) is 0 Å². The fourth-order valence-electron chi connectivity index (χ4n) is 2.83. The summed E-state index contributed by atoms with van der Waals surface area (Å²) in [6, 6.07) is 0.122. The fraction of sp³-hybridized carbons (Fsp3) is 1.00. The van der Waals surface area contributed by atoms with Gasteiger partial charge in [-0.2, -0.15) is 0 Å². The molecule has 0 bridgehead atoms. The van der Waals surface area contributed by atoms with Crippen LogP contribution >= 0.6 is 0 Å². The lowest BCUT2D eigenvalue weighted by Crippen LogP contribution is -2.48. The lowest BCUT2D eigenvalue weighted by atomic mass is 9.85. The molecule has 0 amide bonds. The third-order valence-corrected chi connectivity index (χ3v) is 5.58. The second-order valence-electron chi connectivity index (χ2n) is 5.29. The second kappa shape index (κ2) is 4.63. The Hall–Kier alpha value is -0.130. The van der Waals surface area contributed by atoms with Crippen LogP contribution in [-0.2, 0) is 9.84 Å². The van der Waals surface area contributed by atoms with Crippen LogP contribution in [0.4, 0.5) is 0 Å². The van der Waals surface area contributed by atoms with Crippen molar-refractivity contribution in [1.82, 2.24) is 5.32 Å². The van der Waals surface area contributed by atoms with Gasteiger partial charge < -0.3 is 10.4 Å². The number of hydrogen-bond acceptors (Lipinski definition) is 4. The topological polar surface area (TPSA) is 66.4 Å². The van der Waals surface area contributed by atoms with Gasteiger partial charge >= 0.3 is 0 Å². The molecule has 4 nitrogen and oxygen atoms in total. The minimum absolute atomic E-state index is 0.0776. The molecule has 5 heteroatoms. The second-order valence-corrected chi connectivity index (χ2v) is 7.44. The Morgan fingerprint density at radius 3 is 2.38 bits per heavy atom. The Kier molecular flexibility index (Phi) is 3.56. The molecule has 16 heavy (non-hydrogen) atoms. The largest absolute Gasteiger partial charge is 0.390 e. The monoisotopic (exact) mass is 247 g/mol. The van der Waals surface area contributed by atoms with Gasteiger partial charge in [0.05, 0.1) is 17.6 Å². The average Bonchev–Trinajstić information content (AvgIpc) is 2.44. The molecule has 1 aliphatic heterocycles. The summed E-state index contributed by atoms with van der Waals surface area (Å²) < 4.78 is 22.7. The van der Waals surface area contributed by atoms with Crippen molar-refractivity contribution in [2.24, 2.45) is 5.92 Å². The number of aliphatic hydroxyl groups excluding tert-OH is 1. The molecule has 0 aromatic rings. The zero-order valence-electron chi connectivity index (χ0n) is 9.72. The summed E-state index contributed by atoms with van der Waals surface area (Å²) in [6.07, 6.45) is 4.05. The van der Waals surface area contributed by atoms with Crippen molar-refractivity contribution in [1.29, 1.82) is 0 Å². The van der Waals surface area contributed by atoms with Gasteiger partial charge in [-0.15, -0.1) is 0 Å². The molecule has 2 rings (SSSR count). The van der Waals surface area contributed by atoms with Gasteiger partial charge in [-0.05, 0) is 18.8 Å². The molecule has 0 spiro atoms. The molecule has 0 aromatic carbocycles. The van der Waals surface area contributed by atoms with Gasteiger partial charge in [-0.1, -0.05) is 19.8 Å². The average molecular weight is 247 g/mol. The number of hydrogen-bond donors (Lipinski definition) is 2. The highest BCUT2D eigenvalue weighted by molar-refractivity contribution is 7.91. The molecule has 1 heterocycles. The molecule has 0 aromatic heterocycles. The number of rotatable bonds is 2. The maximum absolute atomic E-state index is 11.4. The summed E-state index contributed by atoms with van der Waals surface area (Å²) in [5.41, 5.74) is 0. The van der Waals surface area contributed by atoms with Gasteiger partial charge in [0.15, 0.2) is 9.84 Å². The van der Waals surface area contributed by atoms with Crippen LogP contribution in [0.2, 0.25) is 0 Å². The van der Waals surface area contributed by atoms with E-state index in [1.54, 1.807) is 0 Å². The van der Waals surface area contributed by atoms with Crippen molar-refractivity contribution < 1.29 is 13.5 Å². The molecule has 1 aliphatic carbocycles. The number of nitrogens with one attached hydrogen (secondary N) is 1. The minimum atomic E-state index is -3.03. The summed E-state index contributed by atoms with van der Waals surface area (Å²) in [5, 5.41) is 13.0. The molecule has 1 saturated heterocycles. The maximum Gasteiger partial charge on any atom is 0.154 e. The van der Waals surface area contributed by atoms with Crippen molar-refractivity contribution in [2.75, 3.05) is 11.5 Å². The van der Waals surface area contributed by atoms with Crippen LogP contribution in [0.3, 0.4) is 0 Å². The van der Waals surface area contributed by atoms with Crippen LogP contribution in [-0.4, -0.2) is 43.2 Å². The quantitative estimate of drug-likeness (QED) is 0.737. The molecule has 0 radical (unpaired) electrons. The molecular formula is C11H21NO3S. The van der Waals surface area contributed by atoms with Crippen LogP contribution in [0, 0.1) is 5.92 Å². The van der Waals surface area contributed by atoms with E-state index in [1.165, 1.54) is 19.3 Å². The van der Waals surface area contributed by atoms with E-state index in [0.29, 0.717) is 12.0 Å². The zero-order valence-corrected chi connectivity index (χ0v) is 10.5. The lowest BCUT2D eigenvalue weighted by molar-refractivity contribution is 0.143. The van der Waals surface area contributed by atoms with Crippen LogP contribution < -0.4 is 5.32 Å². The van der Waals surface area contributed by atoms with Crippen LogP contribution in [0.1, 0.15) is 32.6 Å². The molecule has 2 fully saturated rings. The van der Waals surface area contributed by atoms with E-state index in [1.807, 2.05) is 0 Å². The van der Waals surface area contributed by atoms with E-state index in [9.17, 15) is 13.5 Å². The summed E-state index contributed by atoms with van der Waals surface area (Å²) in [4.78, 5) is 0. The highest BCUT2D eigenvalue weighted by Crippen LogP contribution is 2.25. The van der Waals surface area contributed by atoms with Gasteiger partial charge in [0, 0.05) is 12.1 Å². The molecule has 4 atom stereocenters. The molecule has 0 unspecified atom stereocenters. The van der Waals surface area contributed by atoms with E-state index in [4.69, 9.17) is 0 Å². The summed E-state index contributed by atoms with van der Waals surface area (Å²) in [5.74, 6) is 0.604. The highest BCUT2D eigenvalue weighted by atomic mass is 32.2. The SMILES string of the molecule is C[C@@H]1CCCC[C@H]1N[C@@H]1CS(=O)(=O)C[C@@H]1O. The molecule has 2 N–H and O–H groups in total. The first kappa shape index (κ1) is 12.3. The Bertz CT molecular complexity index is 341. The zero-order chi connectivity index (χ0) is 11.8. The molecule has 1 saturated carbocycles. The third kappa shape index (κ3) is 2.76. The first-order valence-electron chi connectivity index (χ1n) is 6.12. The van der Waals surface area contributed by atoms with Gasteiger partial charge in [0.25, 0.3) is 0 Å². The van der Waals surface area contributed by atoms with Gasteiger partial charge in [0.1, 0.15) is 0 Å². The summed E-state index contributed by atoms with van der Waals surface area (Å²) in [7, 11) is -3.03. The normalized spacial score (nSPS) is 43.4. The van der Waals surface area contributed by atoms with Crippen LogP contribution in [0.25, 0.3) is 0 Å². The Morgan fingerprint density at radius 1 is 1.12 bits per heavy atom. The summed E-state index contributed by atoms with van der Waals surface area (Å²) >= 11 is 0. The van der Waals surface area contributed by atoms with Crippen LogP contribution in [0.15, 0.2) is 0 Å². The molecular weight excluding hydrogens is 226 g/mol. The minimum Gasteiger partial charge on any atom is -0.390 e. The standard InChI is InChI=1S/C11H21NO3S/c1-8-4-2-3-5-9(8)12-10-6-16(14,15)7-11(10)13/h8-13H,2-7H2,1H3/t8-,9-,10-,11+/m1/s1. The molecule has 2 aliphatic rings. The first-order chi connectivity index (χ1) is 7.48. The Labute approximate surface area is 97.3 Å². The van der Waals surface area contributed by atoms with E-state index in [-0.39, 0.29) is 17.5 Å². The van der Waals surface area contributed by atoms with Crippen LogP contribution in [0.5, 0.6) is 0 Å². The Morgan fingerprint density at radius 2 is 1.81 bits per heavy atom. The van der Waals surface area contributed by atoms with Crippen molar-refractivity contribution >= 4 is 9.84 Å². The van der Waals surface area contributed by atoms with E-state index < -0.39 is 15.9 Å². The van der Waals surface area contributed by atoms with E-state index in [2.05, 4.69) is 12.2 Å². The smallest absolute Gasteiger partial charge is 0.154 e. The van der Waals surface area contributed by atoms with Crippen molar-refractivity contribution in [2.45, 2.75) is 50.8 Å². The predicted molar refractivity (Wildman–Crippen MR) is 63.0 cm³/mol.